The van der Waals surface area contributed by atoms with Crippen LogP contribution in [0, 0.1) is 6.92 Å². The van der Waals surface area contributed by atoms with Gasteiger partial charge >= 0.3 is 5.63 Å². The van der Waals surface area contributed by atoms with E-state index in [1.807, 2.05) is 44.2 Å². The molecule has 0 saturated carbocycles. The van der Waals surface area contributed by atoms with Gasteiger partial charge in [0.25, 0.3) is 5.91 Å². The van der Waals surface area contributed by atoms with Gasteiger partial charge in [-0.1, -0.05) is 30.3 Å². The van der Waals surface area contributed by atoms with Crippen molar-refractivity contribution in [1.29, 1.82) is 0 Å². The fraction of sp³-hybridized carbons (Fsp3) is 0.310. The molecular weight excluding hydrogens is 474 g/mol. The van der Waals surface area contributed by atoms with Gasteiger partial charge in [0.1, 0.15) is 11.3 Å². The summed E-state index contributed by atoms with van der Waals surface area (Å²) in [7, 11) is 1.66. The average molecular weight is 504 g/mol. The van der Waals surface area contributed by atoms with E-state index in [4.69, 9.17) is 18.6 Å². The zero-order valence-corrected chi connectivity index (χ0v) is 21.2. The third-order valence-electron chi connectivity index (χ3n) is 6.92. The van der Waals surface area contributed by atoms with Crippen LogP contribution < -0.4 is 15.7 Å². The van der Waals surface area contributed by atoms with Crippen LogP contribution in [0.4, 0.5) is 5.69 Å². The number of nitrogens with one attached hydrogen (secondary N) is 1. The van der Waals surface area contributed by atoms with Crippen LogP contribution in [0.25, 0.3) is 21.7 Å². The number of hydrogen-bond donors (Lipinski definition) is 2. The zero-order valence-electron chi connectivity index (χ0n) is 21.2. The van der Waals surface area contributed by atoms with E-state index in [0.29, 0.717) is 23.3 Å². The molecule has 192 valence electrons. The van der Waals surface area contributed by atoms with Gasteiger partial charge in [0.05, 0.1) is 17.1 Å². The van der Waals surface area contributed by atoms with Crippen molar-refractivity contribution < 1.29 is 28.5 Å². The minimum absolute atomic E-state index is 0.0386. The van der Waals surface area contributed by atoms with E-state index in [-0.39, 0.29) is 28.5 Å². The van der Waals surface area contributed by atoms with E-state index in [0.717, 1.165) is 17.2 Å². The van der Waals surface area contributed by atoms with E-state index in [2.05, 4.69) is 5.32 Å². The average Bonchev–Trinajstić information content (AvgIpc) is 2.87. The molecule has 2 heterocycles. The Balaban J connectivity index is 1.41. The van der Waals surface area contributed by atoms with Crippen LogP contribution in [0.3, 0.4) is 0 Å². The van der Waals surface area contributed by atoms with Gasteiger partial charge in [-0.2, -0.15) is 0 Å². The summed E-state index contributed by atoms with van der Waals surface area (Å²) in [6.07, 6.45) is 0.868. The molecule has 0 aliphatic carbocycles. The van der Waals surface area contributed by atoms with Gasteiger partial charge in [-0.25, -0.2) is 4.79 Å². The maximum atomic E-state index is 12.9. The van der Waals surface area contributed by atoms with Crippen molar-refractivity contribution in [1.82, 2.24) is 0 Å². The summed E-state index contributed by atoms with van der Waals surface area (Å²) in [6, 6.07) is 16.1. The molecule has 5 rings (SSSR count). The van der Waals surface area contributed by atoms with Crippen molar-refractivity contribution in [2.45, 2.75) is 51.6 Å². The number of carbonyl (C=O) groups is 1. The SMILES string of the molecule is CO[C@@H]1CC[C@H](Oc2ccc3c(O)c(NC(=O)c4ccc5ccccc5c4)c(=O)oc3c2C)OC1(C)C. The third kappa shape index (κ3) is 4.65. The topological polar surface area (TPSA) is 107 Å². The second-order valence-electron chi connectivity index (χ2n) is 9.76. The number of aryl methyl sites for hydroxylation is 1. The predicted octanol–water partition coefficient (Wildman–Crippen LogP) is 5.52. The Morgan fingerprint density at radius 3 is 2.57 bits per heavy atom. The number of benzene rings is 3. The number of fused-ring (bicyclic) bond motifs is 2. The normalized spacial score (nSPS) is 19.1. The van der Waals surface area contributed by atoms with Gasteiger partial charge in [0.2, 0.25) is 6.29 Å². The first-order valence-corrected chi connectivity index (χ1v) is 12.1. The summed E-state index contributed by atoms with van der Waals surface area (Å²) >= 11 is 0. The largest absolute Gasteiger partial charge is 0.505 e. The lowest BCUT2D eigenvalue weighted by Crippen LogP contribution is -2.49. The second kappa shape index (κ2) is 9.53. The maximum absolute atomic E-state index is 12.9. The van der Waals surface area contributed by atoms with Gasteiger partial charge < -0.3 is 29.1 Å². The van der Waals surface area contributed by atoms with Crippen molar-refractivity contribution >= 4 is 33.3 Å². The highest BCUT2D eigenvalue weighted by molar-refractivity contribution is 6.08. The Kier molecular flexibility index (Phi) is 6.39. The first kappa shape index (κ1) is 24.8. The summed E-state index contributed by atoms with van der Waals surface area (Å²) in [4.78, 5) is 25.7. The van der Waals surface area contributed by atoms with E-state index >= 15 is 0 Å². The monoisotopic (exact) mass is 503 g/mol. The summed E-state index contributed by atoms with van der Waals surface area (Å²) in [6.45, 7) is 5.64. The molecule has 2 N–H and O–H groups in total. The summed E-state index contributed by atoms with van der Waals surface area (Å²) in [5.74, 6) is -0.427. The van der Waals surface area contributed by atoms with E-state index in [9.17, 15) is 14.7 Å². The molecule has 0 bridgehead atoms. The fourth-order valence-corrected chi connectivity index (χ4v) is 4.86. The van der Waals surface area contributed by atoms with Crippen molar-refractivity contribution in [3.05, 3.63) is 76.1 Å². The number of methoxy groups -OCH3 is 1. The second-order valence-corrected chi connectivity index (χ2v) is 9.76. The van der Waals surface area contributed by atoms with Gasteiger partial charge in [-0.15, -0.1) is 0 Å². The molecule has 3 aromatic carbocycles. The Labute approximate surface area is 213 Å². The highest BCUT2D eigenvalue weighted by Crippen LogP contribution is 2.37. The van der Waals surface area contributed by atoms with E-state index in [1.165, 1.54) is 0 Å². The zero-order chi connectivity index (χ0) is 26.3. The Morgan fingerprint density at radius 2 is 1.84 bits per heavy atom. The molecule has 1 aliphatic rings. The Hall–Kier alpha value is -3.88. The number of rotatable bonds is 5. The fourth-order valence-electron chi connectivity index (χ4n) is 4.86. The number of amides is 1. The van der Waals surface area contributed by atoms with Crippen LogP contribution in [-0.4, -0.2) is 36.1 Å². The van der Waals surface area contributed by atoms with Crippen LogP contribution in [0.15, 0.2) is 63.8 Å². The van der Waals surface area contributed by atoms with E-state index in [1.54, 1.807) is 38.3 Å². The first-order chi connectivity index (χ1) is 17.7. The van der Waals surface area contributed by atoms with Crippen molar-refractivity contribution in [2.75, 3.05) is 12.4 Å². The highest BCUT2D eigenvalue weighted by atomic mass is 16.7. The highest BCUT2D eigenvalue weighted by Gasteiger charge is 2.39. The molecule has 2 atom stereocenters. The van der Waals surface area contributed by atoms with Crippen LogP contribution in [0.2, 0.25) is 0 Å². The molecule has 1 fully saturated rings. The molecule has 4 aromatic rings. The van der Waals surface area contributed by atoms with Crippen LogP contribution in [-0.2, 0) is 9.47 Å². The summed E-state index contributed by atoms with van der Waals surface area (Å²) in [5, 5.41) is 15.6. The Bertz CT molecular complexity index is 1560. The molecule has 1 saturated heterocycles. The summed E-state index contributed by atoms with van der Waals surface area (Å²) in [5.41, 5.74) is -0.644. The Morgan fingerprint density at radius 1 is 1.08 bits per heavy atom. The molecule has 1 aromatic heterocycles. The molecule has 0 radical (unpaired) electrons. The van der Waals surface area contributed by atoms with Gasteiger partial charge in [0, 0.05) is 24.7 Å². The molecule has 0 spiro atoms. The van der Waals surface area contributed by atoms with Crippen LogP contribution in [0.5, 0.6) is 11.5 Å². The molecular formula is C29H29NO7. The minimum atomic E-state index is -0.864. The molecule has 1 amide bonds. The molecule has 37 heavy (non-hydrogen) atoms. The van der Waals surface area contributed by atoms with Crippen LogP contribution in [0.1, 0.15) is 42.6 Å². The lowest BCUT2D eigenvalue weighted by molar-refractivity contribution is -0.233. The van der Waals surface area contributed by atoms with Crippen molar-refractivity contribution in [2.24, 2.45) is 0 Å². The van der Waals surface area contributed by atoms with Crippen molar-refractivity contribution in [3.63, 3.8) is 0 Å². The number of ether oxygens (including phenoxy) is 3. The van der Waals surface area contributed by atoms with Gasteiger partial charge in [0.15, 0.2) is 11.4 Å². The number of anilines is 1. The predicted molar refractivity (Wildman–Crippen MR) is 140 cm³/mol. The molecule has 8 heteroatoms. The lowest BCUT2D eigenvalue weighted by Gasteiger charge is -2.41. The maximum Gasteiger partial charge on any atom is 0.364 e. The third-order valence-corrected chi connectivity index (χ3v) is 6.92. The van der Waals surface area contributed by atoms with Gasteiger partial charge in [-0.05, 0) is 62.2 Å². The summed E-state index contributed by atoms with van der Waals surface area (Å²) < 4.78 is 23.2. The lowest BCUT2D eigenvalue weighted by atomic mass is 9.94. The standard InChI is InChI=1S/C29H29NO7/c1-16-21(35-23-14-13-22(34-4)29(2,3)37-23)12-11-20-25(31)24(28(33)36-26(16)20)30-27(32)19-10-9-17-7-5-6-8-18(17)15-19/h5-12,15,22-23,31H,13-14H2,1-4H3,(H,30,32)/t22-,23-/m1/s1. The van der Waals surface area contributed by atoms with E-state index < -0.39 is 23.4 Å². The first-order valence-electron chi connectivity index (χ1n) is 12.1. The molecule has 0 unspecified atom stereocenters. The van der Waals surface area contributed by atoms with Gasteiger partial charge in [-0.3, -0.25) is 4.79 Å². The smallest absolute Gasteiger partial charge is 0.364 e. The molecule has 8 nitrogen and oxygen atoms in total. The minimum Gasteiger partial charge on any atom is -0.505 e. The number of hydrogen-bond acceptors (Lipinski definition) is 7. The van der Waals surface area contributed by atoms with Crippen LogP contribution >= 0.6 is 0 Å². The quantitative estimate of drug-likeness (QED) is 0.345. The van der Waals surface area contributed by atoms with Crippen molar-refractivity contribution in [3.8, 4) is 11.5 Å². The number of carbonyl (C=O) groups excluding carboxylic acids is 1. The number of aromatic hydroxyl groups is 1. The molecule has 1 aliphatic heterocycles.